The van der Waals surface area contributed by atoms with Crippen molar-refractivity contribution in [2.45, 2.75) is 0 Å². The van der Waals surface area contributed by atoms with E-state index in [0.29, 0.717) is 34.5 Å². The number of rotatable bonds is 9. The van der Waals surface area contributed by atoms with Gasteiger partial charge in [-0.2, -0.15) is 0 Å². The van der Waals surface area contributed by atoms with Crippen LogP contribution in [0.2, 0.25) is 0 Å². The molecule has 0 atom stereocenters. The van der Waals surface area contributed by atoms with Gasteiger partial charge in [-0.05, 0) is 80.5 Å². The molecule has 0 amide bonds. The Hall–Kier alpha value is -6.36. The second kappa shape index (κ2) is 15.7. The highest BCUT2D eigenvalue weighted by atomic mass is 35.5. The fraction of sp³-hybridized carbons (Fsp3) is 0.0500. The van der Waals surface area contributed by atoms with Crippen LogP contribution >= 0.6 is 0 Å². The number of halogens is 2. The number of methoxy groups -OCH3 is 2. The van der Waals surface area contributed by atoms with Crippen molar-refractivity contribution in [1.82, 2.24) is 30.0 Å². The minimum Gasteiger partial charge on any atom is -1.00 e. The quantitative estimate of drug-likeness (QED) is 0.201. The number of hydrogen-bond donors (Lipinski definition) is 0. The lowest BCUT2D eigenvalue weighted by Crippen LogP contribution is -3.00. The third-order valence-electron chi connectivity index (χ3n) is 8.27. The van der Waals surface area contributed by atoms with Crippen LogP contribution in [0.25, 0.3) is 56.7 Å². The lowest BCUT2D eigenvalue weighted by atomic mass is 10.0. The van der Waals surface area contributed by atoms with Crippen LogP contribution in [0.1, 0.15) is 0 Å². The SMILES string of the molecule is COc1c(-c2cccc(-[n+]3nc(-c4ccccc4)nn3-c3ccccc3)c2OC)cccc1-[n+]1nc(-c2ccccc2)nn1-c1ccccc1.[Cl-].[Cl-]. The molecule has 0 bridgehead atoms. The average molecular weight is 728 g/mol. The Balaban J connectivity index is 0.00000232. The molecule has 8 aromatic rings. The number of aromatic nitrogens is 8. The molecule has 0 saturated carbocycles. The third-order valence-corrected chi connectivity index (χ3v) is 8.27. The first-order valence-corrected chi connectivity index (χ1v) is 16.1. The second-order valence-corrected chi connectivity index (χ2v) is 11.3. The molecule has 0 N–H and O–H groups in total. The van der Waals surface area contributed by atoms with Gasteiger partial charge in [-0.1, -0.05) is 97.1 Å². The molecule has 0 saturated heterocycles. The number of ether oxygens (including phenoxy) is 2. The highest BCUT2D eigenvalue weighted by Crippen LogP contribution is 2.40. The summed E-state index contributed by atoms with van der Waals surface area (Å²) in [6.07, 6.45) is 0. The van der Waals surface area contributed by atoms with Gasteiger partial charge in [-0.15, -0.1) is 0 Å². The second-order valence-electron chi connectivity index (χ2n) is 11.3. The summed E-state index contributed by atoms with van der Waals surface area (Å²) in [7, 11) is 3.32. The molecule has 258 valence electrons. The van der Waals surface area contributed by atoms with Gasteiger partial charge in [0.1, 0.15) is 11.4 Å². The largest absolute Gasteiger partial charge is 1.00 e. The van der Waals surface area contributed by atoms with Crippen molar-refractivity contribution in [1.29, 1.82) is 0 Å². The highest BCUT2D eigenvalue weighted by Gasteiger charge is 2.31. The van der Waals surface area contributed by atoms with E-state index in [1.54, 1.807) is 33.4 Å². The molecule has 0 aliphatic carbocycles. The van der Waals surface area contributed by atoms with Crippen molar-refractivity contribution in [3.8, 4) is 68.2 Å². The molecule has 52 heavy (non-hydrogen) atoms. The van der Waals surface area contributed by atoms with Gasteiger partial charge in [-0.25, -0.2) is 0 Å². The van der Waals surface area contributed by atoms with Gasteiger partial charge >= 0.3 is 11.6 Å². The Bertz CT molecular complexity index is 2240. The fourth-order valence-corrected chi connectivity index (χ4v) is 5.96. The summed E-state index contributed by atoms with van der Waals surface area (Å²) in [4.78, 5) is 7.09. The number of hydrogen-bond acceptors (Lipinski definition) is 6. The maximum Gasteiger partial charge on any atom is 0.340 e. The van der Waals surface area contributed by atoms with E-state index in [9.17, 15) is 0 Å². The van der Waals surface area contributed by atoms with Crippen molar-refractivity contribution in [3.05, 3.63) is 158 Å². The van der Waals surface area contributed by atoms with E-state index >= 15 is 0 Å². The summed E-state index contributed by atoms with van der Waals surface area (Å²) in [6, 6.07) is 51.6. The molecule has 2 aromatic heterocycles. The molecule has 12 heteroatoms. The smallest absolute Gasteiger partial charge is 0.340 e. The van der Waals surface area contributed by atoms with Gasteiger partial charge < -0.3 is 34.3 Å². The standard InChI is InChI=1S/C40H32N8O2.2ClH/c1-49-37-33(25-15-27-35(37)47-43-39(29-17-7-3-8-18-29)41-45(47)31-21-11-5-12-22-31)34-26-16-28-36(38(34)50-2)48-44-40(30-19-9-4-10-20-30)42-46(48)32-23-13-6-14-24-32;;/h3-28H,1-2H3;2*1H/q+2;;/p-2. The topological polar surface area (TPSA) is 87.6 Å². The third kappa shape index (κ3) is 6.60. The number of tetrazole rings is 2. The van der Waals surface area contributed by atoms with E-state index in [-0.39, 0.29) is 24.8 Å². The van der Waals surface area contributed by atoms with Crippen LogP contribution in [0, 0.1) is 0 Å². The molecule has 0 fully saturated rings. The monoisotopic (exact) mass is 726 g/mol. The summed E-state index contributed by atoms with van der Waals surface area (Å²) in [5, 5.41) is 19.8. The predicted molar refractivity (Wildman–Crippen MR) is 189 cm³/mol. The normalized spacial score (nSPS) is 10.6. The zero-order chi connectivity index (χ0) is 33.9. The van der Waals surface area contributed by atoms with Gasteiger partial charge in [0.15, 0.2) is 11.5 Å². The van der Waals surface area contributed by atoms with Crippen LogP contribution in [-0.2, 0) is 0 Å². The van der Waals surface area contributed by atoms with Gasteiger partial charge in [0.2, 0.25) is 11.4 Å². The Kier molecular flexibility index (Phi) is 10.7. The zero-order valence-electron chi connectivity index (χ0n) is 28.2. The van der Waals surface area contributed by atoms with E-state index in [0.717, 1.165) is 33.6 Å². The van der Waals surface area contributed by atoms with E-state index in [4.69, 9.17) is 29.9 Å². The first-order valence-electron chi connectivity index (χ1n) is 16.1. The molecule has 6 aromatic carbocycles. The molecule has 0 spiro atoms. The Labute approximate surface area is 312 Å². The van der Waals surface area contributed by atoms with Gasteiger partial charge in [-0.3, -0.25) is 0 Å². The Morgan fingerprint density at radius 2 is 0.769 bits per heavy atom. The van der Waals surface area contributed by atoms with E-state index in [1.165, 1.54) is 0 Å². The maximum atomic E-state index is 6.19. The maximum absolute atomic E-state index is 6.19. The molecule has 10 nitrogen and oxygen atoms in total. The van der Waals surface area contributed by atoms with Crippen LogP contribution in [0.3, 0.4) is 0 Å². The summed E-state index contributed by atoms with van der Waals surface area (Å²) < 4.78 is 12.4. The average Bonchev–Trinajstić information content (AvgIpc) is 3.85. The first kappa shape index (κ1) is 35.5. The predicted octanol–water partition coefficient (Wildman–Crippen LogP) is 0.428. The van der Waals surface area contributed by atoms with Crippen molar-refractivity contribution in [2.24, 2.45) is 0 Å². The lowest BCUT2D eigenvalue weighted by Gasteiger charge is -2.15. The molecule has 8 rings (SSSR count). The van der Waals surface area contributed by atoms with Gasteiger partial charge in [0.25, 0.3) is 0 Å². The van der Waals surface area contributed by atoms with Gasteiger partial charge in [0.05, 0.1) is 35.5 Å². The van der Waals surface area contributed by atoms with Crippen LogP contribution in [0.15, 0.2) is 158 Å². The molecular weight excluding hydrogens is 695 g/mol. The number of nitrogens with zero attached hydrogens (tertiary/aromatic N) is 8. The van der Waals surface area contributed by atoms with E-state index < -0.39 is 0 Å². The first-order chi connectivity index (χ1) is 24.7. The Morgan fingerprint density at radius 3 is 1.12 bits per heavy atom. The molecule has 0 aliphatic heterocycles. The van der Waals surface area contributed by atoms with E-state index in [1.807, 2.05) is 158 Å². The minimum atomic E-state index is 0. The molecule has 0 unspecified atom stereocenters. The van der Waals surface area contributed by atoms with E-state index in [2.05, 4.69) is 0 Å². The summed E-state index contributed by atoms with van der Waals surface area (Å²) in [6.45, 7) is 0. The van der Waals surface area contributed by atoms with Crippen molar-refractivity contribution in [2.75, 3.05) is 14.2 Å². The summed E-state index contributed by atoms with van der Waals surface area (Å²) in [5.74, 6) is 2.34. The molecule has 0 radical (unpaired) electrons. The van der Waals surface area contributed by atoms with Crippen LogP contribution in [0.5, 0.6) is 11.5 Å². The van der Waals surface area contributed by atoms with Crippen molar-refractivity contribution >= 4 is 0 Å². The number of para-hydroxylation sites is 4. The molecule has 2 heterocycles. The zero-order valence-corrected chi connectivity index (χ0v) is 29.7. The molecular formula is C40H32Cl2N8O2. The summed E-state index contributed by atoms with van der Waals surface area (Å²) >= 11 is 0. The van der Waals surface area contributed by atoms with Crippen LogP contribution < -0.4 is 43.9 Å². The molecule has 0 aliphatic rings. The Morgan fingerprint density at radius 1 is 0.423 bits per heavy atom. The lowest BCUT2D eigenvalue weighted by molar-refractivity contribution is -0.735. The minimum absolute atomic E-state index is 0. The summed E-state index contributed by atoms with van der Waals surface area (Å²) in [5.41, 5.74) is 6.49. The van der Waals surface area contributed by atoms with Gasteiger partial charge in [0, 0.05) is 20.7 Å². The fourth-order valence-electron chi connectivity index (χ4n) is 5.96. The van der Waals surface area contributed by atoms with Crippen molar-refractivity contribution in [3.63, 3.8) is 0 Å². The number of benzene rings is 6. The highest BCUT2D eigenvalue weighted by molar-refractivity contribution is 5.80. The van der Waals surface area contributed by atoms with Crippen LogP contribution in [-0.4, -0.2) is 44.2 Å². The van der Waals surface area contributed by atoms with Crippen molar-refractivity contribution < 1.29 is 43.9 Å². The van der Waals surface area contributed by atoms with Crippen LogP contribution in [0.4, 0.5) is 0 Å².